The van der Waals surface area contributed by atoms with Gasteiger partial charge in [0.1, 0.15) is 17.6 Å². The summed E-state index contributed by atoms with van der Waals surface area (Å²) < 4.78 is 5.87. The Bertz CT molecular complexity index is 627. The molecule has 2 rings (SSSR count). The van der Waals surface area contributed by atoms with Crippen molar-refractivity contribution in [3.8, 4) is 17.6 Å². The van der Waals surface area contributed by atoms with Crippen LogP contribution in [0.5, 0.6) is 11.5 Å². The van der Waals surface area contributed by atoms with Crippen molar-refractivity contribution < 1.29 is 4.74 Å². The fraction of sp³-hybridized carbons (Fsp3) is 0.188. The van der Waals surface area contributed by atoms with Crippen molar-refractivity contribution in [2.75, 3.05) is 19.0 Å². The summed E-state index contributed by atoms with van der Waals surface area (Å²) in [7, 11) is 3.96. The van der Waals surface area contributed by atoms with Crippen molar-refractivity contribution >= 4 is 5.69 Å². The molecule has 2 aromatic rings. The zero-order valence-corrected chi connectivity index (χ0v) is 11.3. The van der Waals surface area contributed by atoms with Gasteiger partial charge in [-0.1, -0.05) is 18.2 Å². The molecule has 19 heavy (non-hydrogen) atoms. The predicted molar refractivity (Wildman–Crippen MR) is 76.7 cm³/mol. The molecule has 0 N–H and O–H groups in total. The molecule has 0 aliphatic heterocycles. The van der Waals surface area contributed by atoms with E-state index in [9.17, 15) is 0 Å². The van der Waals surface area contributed by atoms with E-state index in [0.29, 0.717) is 11.3 Å². The van der Waals surface area contributed by atoms with Crippen LogP contribution in [0.4, 0.5) is 5.69 Å². The number of hydrogen-bond acceptors (Lipinski definition) is 3. The lowest BCUT2D eigenvalue weighted by Gasteiger charge is -2.15. The van der Waals surface area contributed by atoms with Crippen LogP contribution in [-0.2, 0) is 0 Å². The molecule has 0 aromatic heterocycles. The van der Waals surface area contributed by atoms with E-state index in [-0.39, 0.29) is 0 Å². The highest BCUT2D eigenvalue weighted by Crippen LogP contribution is 2.30. The minimum Gasteiger partial charge on any atom is -0.456 e. The van der Waals surface area contributed by atoms with Crippen LogP contribution >= 0.6 is 0 Å². The number of nitrogens with zero attached hydrogens (tertiary/aromatic N) is 2. The summed E-state index contributed by atoms with van der Waals surface area (Å²) in [6.07, 6.45) is 0. The number of nitriles is 1. The Morgan fingerprint density at radius 3 is 2.53 bits per heavy atom. The van der Waals surface area contributed by atoms with Gasteiger partial charge in [-0.05, 0) is 30.7 Å². The average molecular weight is 252 g/mol. The molecule has 0 fully saturated rings. The molecule has 0 aliphatic carbocycles. The van der Waals surface area contributed by atoms with Gasteiger partial charge >= 0.3 is 0 Å². The largest absolute Gasteiger partial charge is 0.456 e. The van der Waals surface area contributed by atoms with E-state index < -0.39 is 0 Å². The summed E-state index contributed by atoms with van der Waals surface area (Å²) in [5, 5.41) is 9.13. The maximum Gasteiger partial charge on any atom is 0.148 e. The molecular formula is C16H16N2O. The maximum atomic E-state index is 9.13. The highest BCUT2D eigenvalue weighted by atomic mass is 16.5. The van der Waals surface area contributed by atoms with Crippen LogP contribution in [0.15, 0.2) is 42.5 Å². The Labute approximate surface area is 113 Å². The summed E-state index contributed by atoms with van der Waals surface area (Å²) in [5.41, 5.74) is 2.56. The van der Waals surface area contributed by atoms with Crippen molar-refractivity contribution in [1.29, 1.82) is 5.26 Å². The quantitative estimate of drug-likeness (QED) is 0.835. The standard InChI is InChI=1S/C16H16N2O/c1-12-6-4-7-13(11-17)16(12)19-15-9-5-8-14(10-15)18(2)3/h4-10H,1-3H3. The topological polar surface area (TPSA) is 36.3 Å². The summed E-state index contributed by atoms with van der Waals surface area (Å²) >= 11 is 0. The van der Waals surface area contributed by atoms with E-state index in [0.717, 1.165) is 17.0 Å². The first-order chi connectivity index (χ1) is 9.11. The van der Waals surface area contributed by atoms with E-state index in [1.807, 2.05) is 62.3 Å². The monoisotopic (exact) mass is 252 g/mol. The molecule has 0 saturated heterocycles. The number of rotatable bonds is 3. The Kier molecular flexibility index (Phi) is 3.72. The van der Waals surface area contributed by atoms with Crippen molar-refractivity contribution in [2.24, 2.45) is 0 Å². The zero-order chi connectivity index (χ0) is 13.8. The molecular weight excluding hydrogens is 236 g/mol. The van der Waals surface area contributed by atoms with Gasteiger partial charge in [-0.15, -0.1) is 0 Å². The van der Waals surface area contributed by atoms with Gasteiger partial charge in [0.05, 0.1) is 5.56 Å². The molecule has 0 radical (unpaired) electrons. The SMILES string of the molecule is Cc1cccc(C#N)c1Oc1cccc(N(C)C)c1. The molecule has 0 atom stereocenters. The van der Waals surface area contributed by atoms with E-state index in [1.54, 1.807) is 6.07 Å². The lowest BCUT2D eigenvalue weighted by atomic mass is 10.1. The zero-order valence-electron chi connectivity index (χ0n) is 11.3. The van der Waals surface area contributed by atoms with E-state index in [4.69, 9.17) is 10.00 Å². The molecule has 3 heteroatoms. The Hall–Kier alpha value is -2.47. The van der Waals surface area contributed by atoms with Gasteiger partial charge in [-0.2, -0.15) is 5.26 Å². The first kappa shape index (κ1) is 13.0. The van der Waals surface area contributed by atoms with Crippen molar-refractivity contribution in [3.05, 3.63) is 53.6 Å². The number of para-hydroxylation sites is 1. The van der Waals surface area contributed by atoms with Gasteiger partial charge < -0.3 is 9.64 Å². The smallest absolute Gasteiger partial charge is 0.148 e. The van der Waals surface area contributed by atoms with Gasteiger partial charge in [0.25, 0.3) is 0 Å². The molecule has 0 unspecified atom stereocenters. The molecule has 0 heterocycles. The Morgan fingerprint density at radius 1 is 1.11 bits per heavy atom. The van der Waals surface area contributed by atoms with Crippen LogP contribution in [0.3, 0.4) is 0 Å². The van der Waals surface area contributed by atoms with Gasteiger partial charge in [-0.3, -0.25) is 0 Å². The molecule has 0 spiro atoms. The second-order valence-corrected chi connectivity index (χ2v) is 4.56. The van der Waals surface area contributed by atoms with Crippen LogP contribution in [0.2, 0.25) is 0 Å². The molecule has 0 saturated carbocycles. The van der Waals surface area contributed by atoms with Crippen LogP contribution in [0, 0.1) is 18.3 Å². The fourth-order valence-electron chi connectivity index (χ4n) is 1.82. The second kappa shape index (κ2) is 5.45. The first-order valence-corrected chi connectivity index (χ1v) is 6.07. The van der Waals surface area contributed by atoms with Crippen LogP contribution in [-0.4, -0.2) is 14.1 Å². The van der Waals surface area contributed by atoms with Crippen molar-refractivity contribution in [3.63, 3.8) is 0 Å². The summed E-state index contributed by atoms with van der Waals surface area (Å²) in [5.74, 6) is 1.36. The third-order valence-electron chi connectivity index (χ3n) is 2.89. The maximum absolute atomic E-state index is 9.13. The highest BCUT2D eigenvalue weighted by molar-refractivity contribution is 5.53. The summed E-state index contributed by atoms with van der Waals surface area (Å²) in [6.45, 7) is 1.94. The minimum atomic E-state index is 0.551. The van der Waals surface area contributed by atoms with Crippen LogP contribution in [0.25, 0.3) is 0 Å². The fourth-order valence-corrected chi connectivity index (χ4v) is 1.82. The summed E-state index contributed by atoms with van der Waals surface area (Å²) in [4.78, 5) is 2.01. The molecule has 0 amide bonds. The number of benzene rings is 2. The van der Waals surface area contributed by atoms with Crippen LogP contribution in [0.1, 0.15) is 11.1 Å². The van der Waals surface area contributed by atoms with E-state index >= 15 is 0 Å². The van der Waals surface area contributed by atoms with Gasteiger partial charge in [0.2, 0.25) is 0 Å². The molecule has 2 aromatic carbocycles. The molecule has 96 valence electrons. The Balaban J connectivity index is 2.37. The number of aryl methyl sites for hydroxylation is 1. The molecule has 3 nitrogen and oxygen atoms in total. The summed E-state index contributed by atoms with van der Waals surface area (Å²) in [6, 6.07) is 15.5. The van der Waals surface area contributed by atoms with E-state index in [1.165, 1.54) is 0 Å². The molecule has 0 bridgehead atoms. The molecule has 0 aliphatic rings. The third-order valence-corrected chi connectivity index (χ3v) is 2.89. The van der Waals surface area contributed by atoms with Crippen molar-refractivity contribution in [2.45, 2.75) is 6.92 Å². The Morgan fingerprint density at radius 2 is 1.84 bits per heavy atom. The van der Waals surface area contributed by atoms with Gasteiger partial charge in [-0.25, -0.2) is 0 Å². The lowest BCUT2D eigenvalue weighted by molar-refractivity contribution is 0.477. The number of ether oxygens (including phenoxy) is 1. The van der Waals surface area contributed by atoms with Gasteiger partial charge in [0, 0.05) is 25.8 Å². The minimum absolute atomic E-state index is 0.551. The van der Waals surface area contributed by atoms with Crippen molar-refractivity contribution in [1.82, 2.24) is 0 Å². The first-order valence-electron chi connectivity index (χ1n) is 6.07. The third kappa shape index (κ3) is 2.86. The van der Waals surface area contributed by atoms with Crippen LogP contribution < -0.4 is 9.64 Å². The predicted octanol–water partition coefficient (Wildman–Crippen LogP) is 3.73. The average Bonchev–Trinajstić information content (AvgIpc) is 2.41. The number of hydrogen-bond donors (Lipinski definition) is 0. The second-order valence-electron chi connectivity index (χ2n) is 4.56. The number of anilines is 1. The van der Waals surface area contributed by atoms with Gasteiger partial charge in [0.15, 0.2) is 0 Å². The highest BCUT2D eigenvalue weighted by Gasteiger charge is 2.08. The normalized spacial score (nSPS) is 9.79. The lowest BCUT2D eigenvalue weighted by Crippen LogP contribution is -2.08. The van der Waals surface area contributed by atoms with E-state index in [2.05, 4.69) is 6.07 Å².